The summed E-state index contributed by atoms with van der Waals surface area (Å²) in [5.74, 6) is -0.287. The first kappa shape index (κ1) is 19.9. The normalized spacial score (nSPS) is 11.3. The van der Waals surface area contributed by atoms with Crippen molar-refractivity contribution in [1.29, 1.82) is 0 Å². The van der Waals surface area contributed by atoms with Crippen LogP contribution in [0.2, 0.25) is 5.02 Å². The average molecular weight is 389 g/mol. The lowest BCUT2D eigenvalue weighted by Gasteiger charge is -2.12. The van der Waals surface area contributed by atoms with Crippen LogP contribution in [0.1, 0.15) is 22.5 Å². The fourth-order valence-electron chi connectivity index (χ4n) is 1.99. The highest BCUT2D eigenvalue weighted by atomic mass is 35.5. The molecule has 0 saturated heterocycles. The van der Waals surface area contributed by atoms with Crippen LogP contribution in [0, 0.1) is 0 Å². The van der Waals surface area contributed by atoms with E-state index in [0.717, 1.165) is 24.5 Å². The molecule has 0 atom stereocenters. The van der Waals surface area contributed by atoms with Crippen LogP contribution in [0.25, 0.3) is 0 Å². The molecule has 0 aliphatic carbocycles. The Balaban J connectivity index is 2.12. The number of hydrogen-bond donors (Lipinski definition) is 2. The van der Waals surface area contributed by atoms with Crippen LogP contribution in [0.5, 0.6) is 0 Å². The van der Waals surface area contributed by atoms with E-state index < -0.39 is 17.6 Å². The van der Waals surface area contributed by atoms with E-state index in [1.54, 1.807) is 7.11 Å². The lowest BCUT2D eigenvalue weighted by molar-refractivity contribution is -0.137. The topological polar surface area (TPSA) is 76.1 Å². The summed E-state index contributed by atoms with van der Waals surface area (Å²) >= 11 is 5.93. The Kier molecular flexibility index (Phi) is 6.76. The number of aromatic nitrogens is 2. The Morgan fingerprint density at radius 2 is 2.04 bits per heavy atom. The van der Waals surface area contributed by atoms with Crippen molar-refractivity contribution in [2.45, 2.75) is 12.6 Å². The second kappa shape index (κ2) is 8.81. The highest BCUT2D eigenvalue weighted by molar-refractivity contribution is 6.33. The number of ether oxygens (including phenoxy) is 1. The van der Waals surface area contributed by atoms with Crippen LogP contribution >= 0.6 is 11.6 Å². The first-order chi connectivity index (χ1) is 12.3. The zero-order chi connectivity index (χ0) is 19.2. The van der Waals surface area contributed by atoms with Gasteiger partial charge in [-0.15, -0.1) is 0 Å². The Labute approximate surface area is 152 Å². The van der Waals surface area contributed by atoms with Crippen molar-refractivity contribution in [3.63, 3.8) is 0 Å². The Hall–Kier alpha value is -2.39. The molecule has 6 nitrogen and oxygen atoms in total. The van der Waals surface area contributed by atoms with E-state index >= 15 is 0 Å². The highest BCUT2D eigenvalue weighted by Gasteiger charge is 2.31. The summed E-state index contributed by atoms with van der Waals surface area (Å²) in [6.45, 7) is 0.907. The van der Waals surface area contributed by atoms with E-state index in [0.29, 0.717) is 19.6 Å². The van der Waals surface area contributed by atoms with Gasteiger partial charge in [0, 0.05) is 26.3 Å². The summed E-state index contributed by atoms with van der Waals surface area (Å²) in [5.41, 5.74) is -0.760. The Morgan fingerprint density at radius 1 is 1.27 bits per heavy atom. The van der Waals surface area contributed by atoms with Gasteiger partial charge in [-0.1, -0.05) is 11.6 Å². The van der Waals surface area contributed by atoms with Crippen molar-refractivity contribution < 1.29 is 22.7 Å². The van der Waals surface area contributed by atoms with Crippen LogP contribution in [0.15, 0.2) is 30.6 Å². The number of nitrogens with zero attached hydrogens (tertiary/aromatic N) is 2. The molecule has 2 aromatic rings. The lowest BCUT2D eigenvalue weighted by Crippen LogP contribution is -2.26. The molecular weight excluding hydrogens is 373 g/mol. The number of anilines is 2. The SMILES string of the molecule is COCCCNC(=O)c1cc(Nc2cc(C(F)(F)F)ccc2Cl)ncn1. The maximum atomic E-state index is 12.8. The fraction of sp³-hybridized carbons (Fsp3) is 0.312. The molecular formula is C16H16ClF3N4O2. The molecule has 2 N–H and O–H groups in total. The molecule has 0 unspecified atom stereocenters. The largest absolute Gasteiger partial charge is 0.416 e. The van der Waals surface area contributed by atoms with Crippen LogP contribution in [-0.4, -0.2) is 36.1 Å². The summed E-state index contributed by atoms with van der Waals surface area (Å²) in [5, 5.41) is 5.41. The van der Waals surface area contributed by atoms with E-state index in [1.165, 1.54) is 6.07 Å². The maximum absolute atomic E-state index is 12.8. The van der Waals surface area contributed by atoms with Crippen molar-refractivity contribution in [3.8, 4) is 0 Å². The minimum Gasteiger partial charge on any atom is -0.385 e. The van der Waals surface area contributed by atoms with Gasteiger partial charge in [-0.25, -0.2) is 9.97 Å². The Bertz CT molecular complexity index is 771. The van der Waals surface area contributed by atoms with Crippen molar-refractivity contribution in [2.24, 2.45) is 0 Å². The Morgan fingerprint density at radius 3 is 2.73 bits per heavy atom. The molecule has 26 heavy (non-hydrogen) atoms. The molecule has 1 amide bonds. The number of nitrogens with one attached hydrogen (secondary N) is 2. The van der Waals surface area contributed by atoms with Crippen molar-refractivity contribution in [2.75, 3.05) is 25.6 Å². The summed E-state index contributed by atoms with van der Waals surface area (Å²) in [6, 6.07) is 4.21. The van der Waals surface area contributed by atoms with Gasteiger partial charge in [0.25, 0.3) is 5.91 Å². The van der Waals surface area contributed by atoms with E-state index in [1.807, 2.05) is 0 Å². The number of amides is 1. The molecule has 0 saturated carbocycles. The van der Waals surface area contributed by atoms with Gasteiger partial charge in [0.2, 0.25) is 0 Å². The molecule has 0 radical (unpaired) electrons. The number of carbonyl (C=O) groups excluding carboxylic acids is 1. The maximum Gasteiger partial charge on any atom is 0.416 e. The average Bonchev–Trinajstić information content (AvgIpc) is 2.60. The molecule has 1 aromatic carbocycles. The molecule has 0 fully saturated rings. The standard InChI is InChI=1S/C16H16ClF3N4O2/c1-26-6-2-5-21-15(25)13-8-14(23-9-22-13)24-12-7-10(16(18,19)20)3-4-11(12)17/h3-4,7-9H,2,5-6H2,1H3,(H,21,25)(H,22,23,24). The molecule has 2 rings (SSSR count). The van der Waals surface area contributed by atoms with Gasteiger partial charge in [-0.3, -0.25) is 4.79 Å². The smallest absolute Gasteiger partial charge is 0.385 e. The summed E-state index contributed by atoms with van der Waals surface area (Å²) in [4.78, 5) is 19.8. The lowest BCUT2D eigenvalue weighted by atomic mass is 10.2. The zero-order valence-corrected chi connectivity index (χ0v) is 14.5. The molecule has 1 heterocycles. The first-order valence-electron chi connectivity index (χ1n) is 7.54. The summed E-state index contributed by atoms with van der Waals surface area (Å²) in [7, 11) is 1.56. The minimum atomic E-state index is -4.50. The number of rotatable bonds is 7. The molecule has 0 spiro atoms. The van der Waals surface area contributed by atoms with E-state index in [9.17, 15) is 18.0 Å². The molecule has 0 aliphatic rings. The van der Waals surface area contributed by atoms with Gasteiger partial charge in [0.1, 0.15) is 17.8 Å². The van der Waals surface area contributed by atoms with Gasteiger partial charge in [-0.05, 0) is 24.6 Å². The monoisotopic (exact) mass is 388 g/mol. The highest BCUT2D eigenvalue weighted by Crippen LogP contribution is 2.34. The number of alkyl halides is 3. The number of methoxy groups -OCH3 is 1. The summed E-state index contributed by atoms with van der Waals surface area (Å²) < 4.78 is 43.3. The molecule has 10 heteroatoms. The van der Waals surface area contributed by atoms with Crippen LogP contribution < -0.4 is 10.6 Å². The van der Waals surface area contributed by atoms with Crippen molar-refractivity contribution in [3.05, 3.63) is 46.9 Å². The second-order valence-corrected chi connectivity index (χ2v) is 5.62. The molecule has 1 aromatic heterocycles. The van der Waals surface area contributed by atoms with Crippen LogP contribution in [-0.2, 0) is 10.9 Å². The van der Waals surface area contributed by atoms with Gasteiger partial charge < -0.3 is 15.4 Å². The van der Waals surface area contributed by atoms with Gasteiger partial charge >= 0.3 is 6.18 Å². The fourth-order valence-corrected chi connectivity index (χ4v) is 2.16. The molecule has 0 aliphatic heterocycles. The molecule has 0 bridgehead atoms. The van der Waals surface area contributed by atoms with Crippen molar-refractivity contribution >= 4 is 29.0 Å². The predicted molar refractivity (Wildman–Crippen MR) is 90.6 cm³/mol. The van der Waals surface area contributed by atoms with E-state index in [4.69, 9.17) is 16.3 Å². The minimum absolute atomic E-state index is 0.0200. The quantitative estimate of drug-likeness (QED) is 0.708. The number of halogens is 4. The van der Waals surface area contributed by atoms with Gasteiger partial charge in [-0.2, -0.15) is 13.2 Å². The molecule has 140 valence electrons. The third kappa shape index (κ3) is 5.57. The zero-order valence-electron chi connectivity index (χ0n) is 13.7. The van der Waals surface area contributed by atoms with Crippen molar-refractivity contribution in [1.82, 2.24) is 15.3 Å². The van der Waals surface area contributed by atoms with E-state index in [2.05, 4.69) is 20.6 Å². The van der Waals surface area contributed by atoms with Crippen LogP contribution in [0.4, 0.5) is 24.7 Å². The van der Waals surface area contributed by atoms with Crippen LogP contribution in [0.3, 0.4) is 0 Å². The van der Waals surface area contributed by atoms with Gasteiger partial charge in [0.05, 0.1) is 16.3 Å². The third-order valence-electron chi connectivity index (χ3n) is 3.27. The number of hydrogen-bond acceptors (Lipinski definition) is 5. The number of carbonyl (C=O) groups is 1. The van der Waals surface area contributed by atoms with E-state index in [-0.39, 0.29) is 22.2 Å². The van der Waals surface area contributed by atoms with Gasteiger partial charge in [0.15, 0.2) is 0 Å². The first-order valence-corrected chi connectivity index (χ1v) is 7.92. The predicted octanol–water partition coefficient (Wildman–Crippen LogP) is 3.66. The number of benzene rings is 1. The third-order valence-corrected chi connectivity index (χ3v) is 3.60. The summed E-state index contributed by atoms with van der Waals surface area (Å²) in [6.07, 6.45) is -2.73. The second-order valence-electron chi connectivity index (χ2n) is 5.21.